The molecular formula is C35H34Cl2F3N7O3. The van der Waals surface area contributed by atoms with Crippen molar-refractivity contribution in [2.45, 2.75) is 44.6 Å². The van der Waals surface area contributed by atoms with E-state index in [2.05, 4.69) is 21.0 Å². The normalized spacial score (nSPS) is 14.8. The van der Waals surface area contributed by atoms with Crippen molar-refractivity contribution in [1.82, 2.24) is 35.1 Å². The first-order chi connectivity index (χ1) is 23.9. The van der Waals surface area contributed by atoms with Crippen molar-refractivity contribution in [3.8, 4) is 39.4 Å². The number of alkyl halides is 3. The third-order valence-corrected chi connectivity index (χ3v) is 9.42. The van der Waals surface area contributed by atoms with Crippen LogP contribution in [0, 0.1) is 0 Å². The Labute approximate surface area is 295 Å². The smallest absolute Gasteiger partial charge is 0.390 e. The molecule has 50 heavy (non-hydrogen) atoms. The van der Waals surface area contributed by atoms with Gasteiger partial charge >= 0.3 is 6.18 Å². The lowest BCUT2D eigenvalue weighted by Crippen LogP contribution is -2.35. The molecule has 1 aliphatic rings. The number of benzene rings is 2. The summed E-state index contributed by atoms with van der Waals surface area (Å²) >= 11 is 14.1. The van der Waals surface area contributed by atoms with E-state index in [-0.39, 0.29) is 41.9 Å². The van der Waals surface area contributed by atoms with Gasteiger partial charge in [0.2, 0.25) is 11.8 Å². The Morgan fingerprint density at radius 2 is 1.68 bits per heavy atom. The van der Waals surface area contributed by atoms with Crippen LogP contribution < -0.4 is 26.2 Å². The summed E-state index contributed by atoms with van der Waals surface area (Å²) in [6.45, 7) is 0.841. The maximum Gasteiger partial charge on any atom is 0.390 e. The van der Waals surface area contributed by atoms with Crippen LogP contribution in [0.3, 0.4) is 0 Å². The fourth-order valence-corrected chi connectivity index (χ4v) is 6.61. The van der Waals surface area contributed by atoms with E-state index >= 15 is 0 Å². The molecule has 0 radical (unpaired) electrons. The summed E-state index contributed by atoms with van der Waals surface area (Å²) in [5.74, 6) is 0.805. The van der Waals surface area contributed by atoms with Crippen molar-refractivity contribution in [3.05, 3.63) is 92.6 Å². The van der Waals surface area contributed by atoms with Crippen molar-refractivity contribution in [3.63, 3.8) is 0 Å². The Hall–Kier alpha value is -4.43. The topological polar surface area (TPSA) is 115 Å². The van der Waals surface area contributed by atoms with Crippen LogP contribution in [-0.4, -0.2) is 57.5 Å². The SMILES string of the molecule is COc1nc(-c2cccc(-c3cccc(-c4cc5c(=O)n(C)c(CNCCC(F)(F)F)nn5c4)c3Cl)c2Cl)ccc1CNCC1CCC(=O)N1. The van der Waals surface area contributed by atoms with Gasteiger partial charge < -0.3 is 20.7 Å². The van der Waals surface area contributed by atoms with Crippen LogP contribution in [0.4, 0.5) is 13.2 Å². The van der Waals surface area contributed by atoms with E-state index in [0.29, 0.717) is 68.9 Å². The number of rotatable bonds is 12. The van der Waals surface area contributed by atoms with E-state index in [9.17, 15) is 22.8 Å². The lowest BCUT2D eigenvalue weighted by Gasteiger charge is -2.15. The molecule has 1 unspecified atom stereocenters. The van der Waals surface area contributed by atoms with Gasteiger partial charge in [-0.3, -0.25) is 14.2 Å². The third kappa shape index (κ3) is 7.65. The molecular weight excluding hydrogens is 694 g/mol. The highest BCUT2D eigenvalue weighted by atomic mass is 35.5. The van der Waals surface area contributed by atoms with E-state index < -0.39 is 12.6 Å². The van der Waals surface area contributed by atoms with E-state index in [1.54, 1.807) is 19.4 Å². The van der Waals surface area contributed by atoms with Gasteiger partial charge in [0.25, 0.3) is 5.56 Å². The number of hydrogen-bond acceptors (Lipinski definition) is 7. The Balaban J connectivity index is 1.25. The standard InChI is InChI=1S/C35H34Cl2F3N7O3/c1-46-29(18-41-14-13-35(38,39)40)45-47-19-21(15-28(47)34(46)49)23-5-3-6-24(31(23)36)25-7-4-8-26(32(25)37)27-11-9-20(33(44-27)50-2)16-42-17-22-10-12-30(48)43-22/h3-9,11,15,19,22,41-42H,10,12-14,16-18H2,1-2H3,(H,43,48). The van der Waals surface area contributed by atoms with E-state index in [1.165, 1.54) is 16.1 Å². The zero-order valence-corrected chi connectivity index (χ0v) is 28.7. The zero-order valence-electron chi connectivity index (χ0n) is 27.2. The molecule has 1 atom stereocenters. The van der Waals surface area contributed by atoms with Crippen molar-refractivity contribution < 1.29 is 22.7 Å². The third-order valence-electron chi connectivity index (χ3n) is 8.60. The largest absolute Gasteiger partial charge is 0.481 e. The molecule has 1 saturated heterocycles. The molecule has 5 aromatic rings. The number of hydrogen-bond donors (Lipinski definition) is 3. The maximum absolute atomic E-state index is 13.2. The first-order valence-electron chi connectivity index (χ1n) is 15.9. The molecule has 6 rings (SSSR count). The fraction of sp³-hybridized carbons (Fsp3) is 0.314. The first-order valence-corrected chi connectivity index (χ1v) is 16.7. The minimum absolute atomic E-state index is 0.0159. The Morgan fingerprint density at radius 1 is 0.980 bits per heavy atom. The molecule has 1 amide bonds. The predicted octanol–water partition coefficient (Wildman–Crippen LogP) is 6.15. The molecule has 15 heteroatoms. The van der Waals surface area contributed by atoms with Gasteiger partial charge in [-0.15, -0.1) is 0 Å². The van der Waals surface area contributed by atoms with Gasteiger partial charge in [0, 0.05) is 78.7 Å². The van der Waals surface area contributed by atoms with Crippen LogP contribution in [0.1, 0.15) is 30.7 Å². The monoisotopic (exact) mass is 727 g/mol. The Bertz CT molecular complexity index is 2120. The van der Waals surface area contributed by atoms with Gasteiger partial charge in [0.1, 0.15) is 11.3 Å². The molecule has 4 heterocycles. The molecule has 3 aromatic heterocycles. The fourth-order valence-electron chi connectivity index (χ4n) is 5.95. The van der Waals surface area contributed by atoms with Crippen LogP contribution in [-0.2, 0) is 24.9 Å². The molecule has 262 valence electrons. The lowest BCUT2D eigenvalue weighted by atomic mass is 9.97. The second-order valence-corrected chi connectivity index (χ2v) is 12.8. The van der Waals surface area contributed by atoms with Crippen LogP contribution in [0.2, 0.25) is 10.0 Å². The first kappa shape index (κ1) is 35.4. The van der Waals surface area contributed by atoms with Crippen molar-refractivity contribution in [1.29, 1.82) is 0 Å². The maximum atomic E-state index is 13.2. The second kappa shape index (κ2) is 14.8. The molecule has 0 saturated carbocycles. The number of ether oxygens (including phenoxy) is 1. The molecule has 2 aromatic carbocycles. The van der Waals surface area contributed by atoms with Gasteiger partial charge in [-0.25, -0.2) is 9.50 Å². The summed E-state index contributed by atoms with van der Waals surface area (Å²) in [5.41, 5.74) is 4.67. The van der Waals surface area contributed by atoms with Crippen molar-refractivity contribution >= 4 is 34.6 Å². The molecule has 10 nitrogen and oxygen atoms in total. The molecule has 1 aliphatic heterocycles. The molecule has 1 fully saturated rings. The van der Waals surface area contributed by atoms with Gasteiger partial charge in [-0.2, -0.15) is 18.3 Å². The number of carbonyl (C=O) groups excluding carboxylic acids is 1. The average molecular weight is 729 g/mol. The number of amides is 1. The van der Waals surface area contributed by atoms with Crippen LogP contribution in [0.25, 0.3) is 39.0 Å². The van der Waals surface area contributed by atoms with E-state index in [0.717, 1.165) is 12.0 Å². The Morgan fingerprint density at radius 3 is 2.36 bits per heavy atom. The highest BCUT2D eigenvalue weighted by molar-refractivity contribution is 6.39. The van der Waals surface area contributed by atoms with Gasteiger partial charge in [0.05, 0.1) is 35.8 Å². The highest BCUT2D eigenvalue weighted by Crippen LogP contribution is 2.42. The van der Waals surface area contributed by atoms with Gasteiger partial charge in [0.15, 0.2) is 0 Å². The number of nitrogens with zero attached hydrogens (tertiary/aromatic N) is 4. The summed E-state index contributed by atoms with van der Waals surface area (Å²) in [5, 5.41) is 14.3. The van der Waals surface area contributed by atoms with Crippen molar-refractivity contribution in [2.24, 2.45) is 7.05 Å². The summed E-state index contributed by atoms with van der Waals surface area (Å²) in [6, 6.07) is 16.7. The van der Waals surface area contributed by atoms with Crippen molar-refractivity contribution in [2.75, 3.05) is 20.2 Å². The highest BCUT2D eigenvalue weighted by Gasteiger charge is 2.26. The number of halogens is 5. The molecule has 0 bridgehead atoms. The molecule has 0 spiro atoms. The molecule has 0 aliphatic carbocycles. The van der Waals surface area contributed by atoms with Crippen LogP contribution >= 0.6 is 23.2 Å². The minimum atomic E-state index is -4.28. The number of fused-ring (bicyclic) bond motifs is 1. The summed E-state index contributed by atoms with van der Waals surface area (Å²) in [6.07, 6.45) is -2.26. The summed E-state index contributed by atoms with van der Waals surface area (Å²) < 4.78 is 46.0. The summed E-state index contributed by atoms with van der Waals surface area (Å²) in [7, 11) is 3.09. The van der Waals surface area contributed by atoms with E-state index in [1.807, 2.05) is 48.5 Å². The number of carbonyl (C=O) groups is 1. The number of aromatic nitrogens is 4. The zero-order chi connectivity index (χ0) is 35.6. The predicted molar refractivity (Wildman–Crippen MR) is 186 cm³/mol. The van der Waals surface area contributed by atoms with Gasteiger partial charge in [-0.05, 0) is 18.6 Å². The van der Waals surface area contributed by atoms with E-state index in [4.69, 9.17) is 32.9 Å². The number of pyridine rings is 1. The average Bonchev–Trinajstić information content (AvgIpc) is 3.71. The van der Waals surface area contributed by atoms with Gasteiger partial charge in [-0.1, -0.05) is 65.7 Å². The lowest BCUT2D eigenvalue weighted by molar-refractivity contribution is -0.133. The quantitative estimate of drug-likeness (QED) is 0.132. The minimum Gasteiger partial charge on any atom is -0.481 e. The van der Waals surface area contributed by atoms with Crippen LogP contribution in [0.15, 0.2) is 65.6 Å². The van der Waals surface area contributed by atoms with Crippen LogP contribution in [0.5, 0.6) is 5.88 Å². The number of methoxy groups -OCH3 is 1. The molecule has 3 N–H and O–H groups in total. The number of nitrogens with one attached hydrogen (secondary N) is 3. The summed E-state index contributed by atoms with van der Waals surface area (Å²) in [4.78, 5) is 29.4. The second-order valence-electron chi connectivity index (χ2n) is 12.0. The Kier molecular flexibility index (Phi) is 10.5.